The van der Waals surface area contributed by atoms with Gasteiger partial charge < -0.3 is 5.73 Å². The summed E-state index contributed by atoms with van der Waals surface area (Å²) < 4.78 is 42.0. The summed E-state index contributed by atoms with van der Waals surface area (Å²) in [6, 6.07) is 10.2. The zero-order valence-corrected chi connectivity index (χ0v) is 21.7. The number of halogens is 3. The Morgan fingerprint density at radius 1 is 1.08 bits per heavy atom. The minimum absolute atomic E-state index is 0.101. The molecule has 9 heteroatoms. The van der Waals surface area contributed by atoms with Crippen LogP contribution in [0.2, 0.25) is 0 Å². The molecular formula is C29H31F3N4O2. The molecule has 200 valence electrons. The van der Waals surface area contributed by atoms with Gasteiger partial charge in [-0.2, -0.15) is 0 Å². The Morgan fingerprint density at radius 2 is 1.79 bits per heavy atom. The molecule has 1 aliphatic rings. The summed E-state index contributed by atoms with van der Waals surface area (Å²) >= 11 is 0. The standard InChI is InChI=1S/C29H31F3N4O2/c1-29(2,3)36-12-5-7-25(36)28(38)35(13-10-18-14-20(30)17-21(31)15-18)27-22(6-4-11-34-27)19-8-9-24(32)23(16-19)26(33)37/h4,6,8-9,11,14-17,25H,5,7,10,12-13H2,1-3H3,(H2,33,37)/t25-/m0/s1. The summed E-state index contributed by atoms with van der Waals surface area (Å²) in [5.74, 6) is -2.95. The summed E-state index contributed by atoms with van der Waals surface area (Å²) in [6.45, 7) is 7.01. The van der Waals surface area contributed by atoms with Gasteiger partial charge in [0.05, 0.1) is 11.6 Å². The number of aromatic nitrogens is 1. The quantitative estimate of drug-likeness (QED) is 0.466. The zero-order valence-electron chi connectivity index (χ0n) is 21.7. The van der Waals surface area contributed by atoms with Crippen LogP contribution in [0.5, 0.6) is 0 Å². The number of amides is 2. The lowest BCUT2D eigenvalue weighted by atomic mass is 10.0. The molecule has 1 fully saturated rings. The molecule has 3 aromatic rings. The lowest BCUT2D eigenvalue weighted by Crippen LogP contribution is -2.53. The van der Waals surface area contributed by atoms with Crippen molar-refractivity contribution in [3.8, 4) is 11.1 Å². The van der Waals surface area contributed by atoms with Gasteiger partial charge in [0.2, 0.25) is 5.91 Å². The number of pyridine rings is 1. The summed E-state index contributed by atoms with van der Waals surface area (Å²) in [4.78, 5) is 34.1. The van der Waals surface area contributed by atoms with E-state index >= 15 is 0 Å². The number of primary amides is 1. The lowest BCUT2D eigenvalue weighted by molar-refractivity contribution is -0.124. The fraction of sp³-hybridized carbons (Fsp3) is 0.345. The smallest absolute Gasteiger partial charge is 0.251 e. The van der Waals surface area contributed by atoms with Crippen LogP contribution in [0.15, 0.2) is 54.7 Å². The van der Waals surface area contributed by atoms with Crippen LogP contribution in [-0.4, -0.2) is 46.4 Å². The first-order valence-electron chi connectivity index (χ1n) is 12.5. The Labute approximate surface area is 220 Å². The fourth-order valence-corrected chi connectivity index (χ4v) is 5.04. The summed E-state index contributed by atoms with van der Waals surface area (Å²) in [6.07, 6.45) is 3.22. The normalized spacial score (nSPS) is 16.0. The number of rotatable bonds is 7. The third-order valence-electron chi connectivity index (χ3n) is 6.80. The monoisotopic (exact) mass is 524 g/mol. The van der Waals surface area contributed by atoms with Gasteiger partial charge in [0.1, 0.15) is 23.3 Å². The average Bonchev–Trinajstić information content (AvgIpc) is 3.35. The van der Waals surface area contributed by atoms with E-state index < -0.39 is 29.4 Å². The van der Waals surface area contributed by atoms with Crippen molar-refractivity contribution in [1.29, 1.82) is 0 Å². The molecule has 2 N–H and O–H groups in total. The van der Waals surface area contributed by atoms with E-state index in [0.717, 1.165) is 25.1 Å². The Hall–Kier alpha value is -3.72. The van der Waals surface area contributed by atoms with Gasteiger partial charge in [-0.3, -0.25) is 19.4 Å². The Balaban J connectivity index is 1.78. The van der Waals surface area contributed by atoms with Crippen LogP contribution >= 0.6 is 0 Å². The minimum atomic E-state index is -0.914. The van der Waals surface area contributed by atoms with E-state index in [1.807, 2.05) is 0 Å². The molecule has 2 amide bonds. The zero-order chi connectivity index (χ0) is 27.6. The van der Waals surface area contributed by atoms with Gasteiger partial charge >= 0.3 is 0 Å². The van der Waals surface area contributed by atoms with E-state index in [9.17, 15) is 22.8 Å². The number of nitrogens with zero attached hydrogens (tertiary/aromatic N) is 3. The van der Waals surface area contributed by atoms with Crippen molar-refractivity contribution in [2.75, 3.05) is 18.0 Å². The molecule has 6 nitrogen and oxygen atoms in total. The number of hydrogen-bond donors (Lipinski definition) is 1. The molecule has 2 aromatic carbocycles. The highest BCUT2D eigenvalue weighted by molar-refractivity contribution is 6.00. The van der Waals surface area contributed by atoms with Crippen LogP contribution in [0.4, 0.5) is 19.0 Å². The second-order valence-electron chi connectivity index (χ2n) is 10.5. The van der Waals surface area contributed by atoms with Gasteiger partial charge in [-0.15, -0.1) is 0 Å². The third kappa shape index (κ3) is 5.88. The summed E-state index contributed by atoms with van der Waals surface area (Å²) in [7, 11) is 0. The predicted octanol–water partition coefficient (Wildman–Crippen LogP) is 5.10. The van der Waals surface area contributed by atoms with Gasteiger partial charge in [0, 0.05) is 29.9 Å². The van der Waals surface area contributed by atoms with E-state index in [0.29, 0.717) is 28.9 Å². The van der Waals surface area contributed by atoms with Crippen LogP contribution in [0, 0.1) is 17.5 Å². The Bertz CT molecular complexity index is 1340. The molecule has 1 aromatic heterocycles. The highest BCUT2D eigenvalue weighted by atomic mass is 19.1. The van der Waals surface area contributed by atoms with Gasteiger partial charge in [-0.25, -0.2) is 18.2 Å². The maximum Gasteiger partial charge on any atom is 0.251 e. The number of carbonyl (C=O) groups is 2. The number of carbonyl (C=O) groups excluding carboxylic acids is 2. The predicted molar refractivity (Wildman–Crippen MR) is 140 cm³/mol. The number of anilines is 1. The Kier molecular flexibility index (Phi) is 7.87. The molecule has 38 heavy (non-hydrogen) atoms. The average molecular weight is 525 g/mol. The minimum Gasteiger partial charge on any atom is -0.366 e. The van der Waals surface area contributed by atoms with Crippen molar-refractivity contribution in [3.05, 3.63) is 83.3 Å². The SMILES string of the molecule is CC(C)(C)N1CCC[C@H]1C(=O)N(CCc1cc(F)cc(F)c1)c1ncccc1-c1ccc(F)c(C(N)=O)c1. The van der Waals surface area contributed by atoms with Crippen molar-refractivity contribution >= 4 is 17.6 Å². The van der Waals surface area contributed by atoms with Crippen LogP contribution in [0.1, 0.15) is 49.5 Å². The van der Waals surface area contributed by atoms with Crippen LogP contribution in [-0.2, 0) is 11.2 Å². The third-order valence-corrected chi connectivity index (χ3v) is 6.80. The summed E-state index contributed by atoms with van der Waals surface area (Å²) in [5, 5.41) is 0. The molecule has 1 atom stereocenters. The summed E-state index contributed by atoms with van der Waals surface area (Å²) in [5.41, 5.74) is 6.17. The molecule has 4 rings (SSSR count). The molecule has 0 radical (unpaired) electrons. The topological polar surface area (TPSA) is 79.5 Å². The maximum absolute atomic E-state index is 14.2. The first kappa shape index (κ1) is 27.3. The molecule has 2 heterocycles. The molecule has 0 bridgehead atoms. The second kappa shape index (κ2) is 10.9. The molecule has 0 unspecified atom stereocenters. The van der Waals surface area contributed by atoms with E-state index in [1.165, 1.54) is 35.4 Å². The van der Waals surface area contributed by atoms with Crippen molar-refractivity contribution in [2.24, 2.45) is 5.73 Å². The van der Waals surface area contributed by atoms with Crippen LogP contribution in [0.3, 0.4) is 0 Å². The highest BCUT2D eigenvalue weighted by Gasteiger charge is 2.40. The molecular weight excluding hydrogens is 493 g/mol. The van der Waals surface area contributed by atoms with Gasteiger partial charge in [0.15, 0.2) is 0 Å². The largest absolute Gasteiger partial charge is 0.366 e. The number of hydrogen-bond acceptors (Lipinski definition) is 4. The van der Waals surface area contributed by atoms with Crippen molar-refractivity contribution in [2.45, 2.75) is 51.6 Å². The fourth-order valence-electron chi connectivity index (χ4n) is 5.04. The number of likely N-dealkylation sites (tertiary alicyclic amines) is 1. The maximum atomic E-state index is 14.2. The second-order valence-corrected chi connectivity index (χ2v) is 10.5. The van der Waals surface area contributed by atoms with E-state index in [-0.39, 0.29) is 30.0 Å². The van der Waals surface area contributed by atoms with Crippen molar-refractivity contribution < 1.29 is 22.8 Å². The van der Waals surface area contributed by atoms with Crippen molar-refractivity contribution in [1.82, 2.24) is 9.88 Å². The van der Waals surface area contributed by atoms with Crippen molar-refractivity contribution in [3.63, 3.8) is 0 Å². The van der Waals surface area contributed by atoms with E-state index in [2.05, 4.69) is 30.7 Å². The van der Waals surface area contributed by atoms with Gasteiger partial charge in [-0.05, 0) is 94.1 Å². The highest BCUT2D eigenvalue weighted by Crippen LogP contribution is 2.34. The Morgan fingerprint density at radius 3 is 2.45 bits per heavy atom. The van der Waals surface area contributed by atoms with E-state index in [1.54, 1.807) is 12.1 Å². The lowest BCUT2D eigenvalue weighted by Gasteiger charge is -2.38. The number of nitrogens with two attached hydrogens (primary N) is 1. The number of benzene rings is 2. The molecule has 0 spiro atoms. The van der Waals surface area contributed by atoms with E-state index in [4.69, 9.17) is 5.73 Å². The van der Waals surface area contributed by atoms with Gasteiger partial charge in [0.25, 0.3) is 5.91 Å². The van der Waals surface area contributed by atoms with Gasteiger partial charge in [-0.1, -0.05) is 6.07 Å². The van der Waals surface area contributed by atoms with Crippen LogP contribution < -0.4 is 10.6 Å². The molecule has 0 saturated carbocycles. The first-order chi connectivity index (χ1) is 18.0. The first-order valence-corrected chi connectivity index (χ1v) is 12.5. The molecule has 1 aliphatic heterocycles. The molecule has 0 aliphatic carbocycles. The van der Waals surface area contributed by atoms with Crippen LogP contribution in [0.25, 0.3) is 11.1 Å². The molecule has 1 saturated heterocycles.